The van der Waals surface area contributed by atoms with Gasteiger partial charge in [-0.25, -0.2) is 4.39 Å². The number of rotatable bonds is 3. The quantitative estimate of drug-likeness (QED) is 0.676. The van der Waals surface area contributed by atoms with E-state index in [2.05, 4.69) is 15.9 Å². The number of Topliss-reactive ketones (excluding diaryl/α,β-unsaturated/α-hetero) is 1. The summed E-state index contributed by atoms with van der Waals surface area (Å²) in [6.07, 6.45) is -0.0412. The number of hydrogen-bond donors (Lipinski definition) is 0. The van der Waals surface area contributed by atoms with Crippen LogP contribution >= 0.6 is 39.1 Å². The van der Waals surface area contributed by atoms with E-state index in [0.29, 0.717) is 20.6 Å². The third-order valence-electron chi connectivity index (χ3n) is 2.60. The predicted molar refractivity (Wildman–Crippen MR) is 78.6 cm³/mol. The van der Waals surface area contributed by atoms with Crippen LogP contribution in [0.2, 0.25) is 10.0 Å². The Hall–Kier alpha value is -0.900. The van der Waals surface area contributed by atoms with Crippen LogP contribution in [0.5, 0.6) is 0 Å². The van der Waals surface area contributed by atoms with Gasteiger partial charge in [0.05, 0.1) is 5.02 Å². The second kappa shape index (κ2) is 6.04. The molecule has 5 heteroatoms. The molecule has 0 saturated heterocycles. The molecule has 98 valence electrons. The van der Waals surface area contributed by atoms with Crippen molar-refractivity contribution in [3.8, 4) is 0 Å². The van der Waals surface area contributed by atoms with E-state index in [1.165, 1.54) is 12.1 Å². The average Bonchev–Trinajstić information content (AvgIpc) is 2.32. The Morgan fingerprint density at radius 1 is 1.16 bits per heavy atom. The summed E-state index contributed by atoms with van der Waals surface area (Å²) < 4.78 is 14.3. The fourth-order valence-corrected chi connectivity index (χ4v) is 2.50. The maximum Gasteiger partial charge on any atom is 0.168 e. The Bertz CT molecular complexity index is 643. The molecular formula is C14H8BrCl2FO. The Labute approximate surface area is 128 Å². The first-order valence-electron chi connectivity index (χ1n) is 5.39. The van der Waals surface area contributed by atoms with Crippen molar-refractivity contribution < 1.29 is 9.18 Å². The lowest BCUT2D eigenvalue weighted by Gasteiger charge is -2.05. The molecule has 1 nitrogen and oxygen atoms in total. The van der Waals surface area contributed by atoms with E-state index in [4.69, 9.17) is 23.2 Å². The van der Waals surface area contributed by atoms with Crippen molar-refractivity contribution in [2.45, 2.75) is 6.42 Å². The zero-order chi connectivity index (χ0) is 14.0. The summed E-state index contributed by atoms with van der Waals surface area (Å²) in [5, 5.41) is 0.728. The van der Waals surface area contributed by atoms with Gasteiger partial charge in [0, 0.05) is 21.5 Å². The maximum atomic E-state index is 13.7. The van der Waals surface area contributed by atoms with Crippen LogP contribution < -0.4 is 0 Å². The Kier molecular flexibility index (Phi) is 4.61. The summed E-state index contributed by atoms with van der Waals surface area (Å²) in [4.78, 5) is 12.1. The topological polar surface area (TPSA) is 17.1 Å². The van der Waals surface area contributed by atoms with Crippen molar-refractivity contribution in [1.82, 2.24) is 0 Å². The van der Waals surface area contributed by atoms with Gasteiger partial charge in [-0.1, -0.05) is 45.2 Å². The third kappa shape index (κ3) is 3.56. The maximum absolute atomic E-state index is 13.7. The number of carbonyl (C=O) groups is 1. The molecule has 0 heterocycles. The molecule has 19 heavy (non-hydrogen) atoms. The standard InChI is InChI=1S/C14H8BrCl2FO/c15-9-2-1-8(13(18)6-9)5-14(19)11-4-3-10(16)7-12(11)17/h1-4,6-7H,5H2. The van der Waals surface area contributed by atoms with Crippen molar-refractivity contribution in [1.29, 1.82) is 0 Å². The van der Waals surface area contributed by atoms with Crippen LogP contribution in [0.25, 0.3) is 0 Å². The number of halogens is 4. The van der Waals surface area contributed by atoms with Crippen molar-refractivity contribution in [2.24, 2.45) is 0 Å². The minimum absolute atomic E-state index is 0.0412. The molecule has 0 atom stereocenters. The smallest absolute Gasteiger partial charge is 0.168 e. The number of hydrogen-bond acceptors (Lipinski definition) is 1. The highest BCUT2D eigenvalue weighted by Crippen LogP contribution is 2.23. The minimum atomic E-state index is -0.423. The molecule has 0 saturated carbocycles. The second-order valence-electron chi connectivity index (χ2n) is 3.96. The minimum Gasteiger partial charge on any atom is -0.294 e. The van der Waals surface area contributed by atoms with Crippen molar-refractivity contribution in [2.75, 3.05) is 0 Å². The first-order chi connectivity index (χ1) is 8.97. The molecule has 2 rings (SSSR count). The molecule has 0 aliphatic rings. The summed E-state index contributed by atoms with van der Waals surface area (Å²) >= 11 is 14.9. The Morgan fingerprint density at radius 3 is 2.53 bits per heavy atom. The summed E-state index contributed by atoms with van der Waals surface area (Å²) in [6, 6.07) is 9.21. The van der Waals surface area contributed by atoms with Gasteiger partial charge in [0.25, 0.3) is 0 Å². The molecule has 0 bridgehead atoms. The van der Waals surface area contributed by atoms with Crippen LogP contribution in [0, 0.1) is 5.82 Å². The van der Waals surface area contributed by atoms with Crippen LogP contribution in [-0.4, -0.2) is 5.78 Å². The molecule has 2 aromatic rings. The molecule has 0 fully saturated rings. The highest BCUT2D eigenvalue weighted by atomic mass is 79.9. The van der Waals surface area contributed by atoms with E-state index < -0.39 is 5.82 Å². The van der Waals surface area contributed by atoms with Gasteiger partial charge in [0.15, 0.2) is 5.78 Å². The molecule has 0 radical (unpaired) electrons. The highest BCUT2D eigenvalue weighted by Gasteiger charge is 2.14. The van der Waals surface area contributed by atoms with Gasteiger partial charge in [0.1, 0.15) is 5.82 Å². The van der Waals surface area contributed by atoms with E-state index in [0.717, 1.165) is 0 Å². The van der Waals surface area contributed by atoms with Crippen molar-refractivity contribution >= 4 is 44.9 Å². The van der Waals surface area contributed by atoms with Crippen LogP contribution in [-0.2, 0) is 6.42 Å². The van der Waals surface area contributed by atoms with Crippen LogP contribution in [0.15, 0.2) is 40.9 Å². The summed E-state index contributed by atoms with van der Waals surface area (Å²) in [5.74, 6) is -0.671. The van der Waals surface area contributed by atoms with Gasteiger partial charge in [-0.15, -0.1) is 0 Å². The first-order valence-corrected chi connectivity index (χ1v) is 6.94. The van der Waals surface area contributed by atoms with Gasteiger partial charge in [-0.3, -0.25) is 4.79 Å². The van der Waals surface area contributed by atoms with Gasteiger partial charge < -0.3 is 0 Å². The summed E-state index contributed by atoms with van der Waals surface area (Å²) in [5.41, 5.74) is 0.674. The summed E-state index contributed by atoms with van der Waals surface area (Å²) in [6.45, 7) is 0. The lowest BCUT2D eigenvalue weighted by molar-refractivity contribution is 0.0992. The van der Waals surface area contributed by atoms with Crippen LogP contribution in [0.1, 0.15) is 15.9 Å². The number of benzene rings is 2. The second-order valence-corrected chi connectivity index (χ2v) is 5.72. The van der Waals surface area contributed by atoms with Gasteiger partial charge >= 0.3 is 0 Å². The Morgan fingerprint density at radius 2 is 1.89 bits per heavy atom. The molecular weight excluding hydrogens is 354 g/mol. The lowest BCUT2D eigenvalue weighted by atomic mass is 10.0. The molecule has 2 aromatic carbocycles. The number of ketones is 1. The van der Waals surface area contributed by atoms with Gasteiger partial charge in [-0.2, -0.15) is 0 Å². The SMILES string of the molecule is O=C(Cc1ccc(Br)cc1F)c1ccc(Cl)cc1Cl. The monoisotopic (exact) mass is 360 g/mol. The van der Waals surface area contributed by atoms with Crippen molar-refractivity contribution in [3.63, 3.8) is 0 Å². The molecule has 0 spiro atoms. The lowest BCUT2D eigenvalue weighted by Crippen LogP contribution is -2.06. The number of carbonyl (C=O) groups excluding carboxylic acids is 1. The molecule has 0 aliphatic carbocycles. The van der Waals surface area contributed by atoms with E-state index in [9.17, 15) is 9.18 Å². The fraction of sp³-hybridized carbons (Fsp3) is 0.0714. The molecule has 0 amide bonds. The van der Waals surface area contributed by atoms with E-state index >= 15 is 0 Å². The Balaban J connectivity index is 2.25. The van der Waals surface area contributed by atoms with Crippen molar-refractivity contribution in [3.05, 3.63) is 67.9 Å². The first kappa shape index (κ1) is 14.5. The zero-order valence-electron chi connectivity index (χ0n) is 9.59. The average molecular weight is 362 g/mol. The van der Waals surface area contributed by atoms with Crippen LogP contribution in [0.3, 0.4) is 0 Å². The largest absolute Gasteiger partial charge is 0.294 e. The highest BCUT2D eigenvalue weighted by molar-refractivity contribution is 9.10. The zero-order valence-corrected chi connectivity index (χ0v) is 12.7. The molecule has 0 N–H and O–H groups in total. The van der Waals surface area contributed by atoms with Gasteiger partial charge in [0.2, 0.25) is 0 Å². The molecule has 0 aromatic heterocycles. The van der Waals surface area contributed by atoms with Crippen LogP contribution in [0.4, 0.5) is 4.39 Å². The third-order valence-corrected chi connectivity index (χ3v) is 3.64. The molecule has 0 unspecified atom stereocenters. The fourth-order valence-electron chi connectivity index (χ4n) is 1.65. The molecule has 0 aliphatic heterocycles. The van der Waals surface area contributed by atoms with E-state index in [1.807, 2.05) is 0 Å². The van der Waals surface area contributed by atoms with E-state index in [-0.39, 0.29) is 17.2 Å². The predicted octanol–water partition coefficient (Wildman–Crippen LogP) is 5.32. The van der Waals surface area contributed by atoms with Gasteiger partial charge in [-0.05, 0) is 35.9 Å². The van der Waals surface area contributed by atoms with E-state index in [1.54, 1.807) is 24.3 Å². The normalized spacial score (nSPS) is 10.5. The summed E-state index contributed by atoms with van der Waals surface area (Å²) in [7, 11) is 0.